The van der Waals surface area contributed by atoms with Gasteiger partial charge < -0.3 is 10.5 Å². The van der Waals surface area contributed by atoms with E-state index >= 15 is 0 Å². The van der Waals surface area contributed by atoms with Gasteiger partial charge in [0.15, 0.2) is 0 Å². The molecule has 0 amide bonds. The lowest BCUT2D eigenvalue weighted by atomic mass is 10.3. The molecule has 0 heterocycles. The Morgan fingerprint density at radius 3 is 2.73 bits per heavy atom. The zero-order valence-electron chi connectivity index (χ0n) is 5.90. The molecule has 0 unspecified atom stereocenters. The van der Waals surface area contributed by atoms with Gasteiger partial charge in [0, 0.05) is 6.07 Å². The van der Waals surface area contributed by atoms with Crippen LogP contribution in [0, 0.1) is 9.39 Å². The summed E-state index contributed by atoms with van der Waals surface area (Å²) in [6, 6.07) is 2.81. The molecule has 0 bridgehead atoms. The van der Waals surface area contributed by atoms with Crippen LogP contribution in [-0.2, 0) is 0 Å². The summed E-state index contributed by atoms with van der Waals surface area (Å²) in [7, 11) is 1.52. The fourth-order valence-electron chi connectivity index (χ4n) is 0.701. The number of anilines is 1. The fraction of sp³-hybridized carbons (Fsp3) is 0.143. The first-order valence-corrected chi connectivity index (χ1v) is 4.01. The Hall–Kier alpha value is -0.520. The summed E-state index contributed by atoms with van der Waals surface area (Å²) in [6.07, 6.45) is 0. The van der Waals surface area contributed by atoms with Crippen molar-refractivity contribution in [2.24, 2.45) is 0 Å². The first-order chi connectivity index (χ1) is 5.15. The highest BCUT2D eigenvalue weighted by Crippen LogP contribution is 2.25. The van der Waals surface area contributed by atoms with Crippen molar-refractivity contribution in [1.29, 1.82) is 0 Å². The van der Waals surface area contributed by atoms with Crippen LogP contribution >= 0.6 is 22.6 Å². The number of halogens is 2. The summed E-state index contributed by atoms with van der Waals surface area (Å²) in [5.41, 5.74) is 5.42. The van der Waals surface area contributed by atoms with Crippen LogP contribution in [0.1, 0.15) is 0 Å². The van der Waals surface area contributed by atoms with Crippen LogP contribution in [0.3, 0.4) is 0 Å². The molecule has 0 aliphatic carbocycles. The van der Waals surface area contributed by atoms with E-state index in [9.17, 15) is 4.39 Å². The largest absolute Gasteiger partial charge is 0.496 e. The van der Waals surface area contributed by atoms with Gasteiger partial charge in [-0.3, -0.25) is 0 Å². The van der Waals surface area contributed by atoms with Crippen LogP contribution < -0.4 is 10.5 Å². The van der Waals surface area contributed by atoms with E-state index in [1.807, 2.05) is 22.6 Å². The maximum Gasteiger partial charge on any atom is 0.147 e. The molecule has 0 saturated carbocycles. The molecule has 0 spiro atoms. The molecule has 0 fully saturated rings. The SMILES string of the molecule is COc1cc(N)c(F)cc1I. The van der Waals surface area contributed by atoms with Gasteiger partial charge >= 0.3 is 0 Å². The highest BCUT2D eigenvalue weighted by Gasteiger charge is 2.04. The molecule has 0 saturated heterocycles. The van der Waals surface area contributed by atoms with E-state index in [1.54, 1.807) is 0 Å². The second kappa shape index (κ2) is 3.25. The van der Waals surface area contributed by atoms with Crippen molar-refractivity contribution in [2.75, 3.05) is 12.8 Å². The van der Waals surface area contributed by atoms with Gasteiger partial charge in [-0.05, 0) is 28.7 Å². The summed E-state index contributed by atoms with van der Waals surface area (Å²) in [5, 5.41) is 0. The third-order valence-electron chi connectivity index (χ3n) is 1.27. The van der Waals surface area contributed by atoms with E-state index in [4.69, 9.17) is 10.5 Å². The molecule has 2 nitrogen and oxygen atoms in total. The maximum atomic E-state index is 12.7. The molecule has 0 radical (unpaired) electrons. The van der Waals surface area contributed by atoms with Gasteiger partial charge in [-0.1, -0.05) is 0 Å². The number of methoxy groups -OCH3 is 1. The first-order valence-electron chi connectivity index (χ1n) is 2.93. The van der Waals surface area contributed by atoms with Crippen molar-refractivity contribution >= 4 is 28.3 Å². The molecule has 0 aliphatic heterocycles. The van der Waals surface area contributed by atoms with Crippen molar-refractivity contribution in [1.82, 2.24) is 0 Å². The first kappa shape index (κ1) is 8.58. The quantitative estimate of drug-likeness (QED) is 0.624. The van der Waals surface area contributed by atoms with Gasteiger partial charge in [-0.2, -0.15) is 0 Å². The number of hydrogen-bond acceptors (Lipinski definition) is 2. The average molecular weight is 267 g/mol. The van der Waals surface area contributed by atoms with Crippen LogP contribution in [-0.4, -0.2) is 7.11 Å². The molecule has 1 rings (SSSR count). The van der Waals surface area contributed by atoms with Crippen LogP contribution in [0.4, 0.5) is 10.1 Å². The van der Waals surface area contributed by atoms with Crippen molar-refractivity contribution < 1.29 is 9.13 Å². The molecule has 0 aliphatic rings. The Bertz CT molecular complexity index is 277. The number of ether oxygens (including phenoxy) is 1. The molecular formula is C7H7FINO. The zero-order chi connectivity index (χ0) is 8.43. The molecular weight excluding hydrogens is 260 g/mol. The summed E-state index contributed by atoms with van der Waals surface area (Å²) in [6.45, 7) is 0. The third-order valence-corrected chi connectivity index (χ3v) is 2.11. The molecule has 4 heteroatoms. The Balaban J connectivity index is 3.21. The molecule has 0 atom stereocenters. The second-order valence-corrected chi connectivity index (χ2v) is 3.17. The minimum absolute atomic E-state index is 0.113. The molecule has 11 heavy (non-hydrogen) atoms. The number of rotatable bonds is 1. The van der Waals surface area contributed by atoms with E-state index in [0.29, 0.717) is 5.75 Å². The fourth-order valence-corrected chi connectivity index (χ4v) is 1.35. The van der Waals surface area contributed by atoms with Crippen LogP contribution in [0.5, 0.6) is 5.75 Å². The van der Waals surface area contributed by atoms with Crippen LogP contribution in [0.15, 0.2) is 12.1 Å². The Morgan fingerprint density at radius 2 is 2.18 bits per heavy atom. The minimum atomic E-state index is -0.407. The van der Waals surface area contributed by atoms with Gasteiger partial charge in [0.2, 0.25) is 0 Å². The van der Waals surface area contributed by atoms with Crippen molar-refractivity contribution in [3.05, 3.63) is 21.5 Å². The van der Waals surface area contributed by atoms with E-state index < -0.39 is 5.82 Å². The van der Waals surface area contributed by atoms with E-state index in [2.05, 4.69) is 0 Å². The monoisotopic (exact) mass is 267 g/mol. The normalized spacial score (nSPS) is 9.73. The van der Waals surface area contributed by atoms with E-state index in [-0.39, 0.29) is 5.69 Å². The summed E-state index contributed by atoms with van der Waals surface area (Å²) in [5.74, 6) is 0.194. The number of hydrogen-bond donors (Lipinski definition) is 1. The van der Waals surface area contributed by atoms with E-state index in [1.165, 1.54) is 19.2 Å². The number of nitrogen functional groups attached to an aromatic ring is 1. The van der Waals surface area contributed by atoms with Crippen molar-refractivity contribution in [3.63, 3.8) is 0 Å². The smallest absolute Gasteiger partial charge is 0.147 e. The molecule has 1 aromatic rings. The number of benzene rings is 1. The van der Waals surface area contributed by atoms with E-state index in [0.717, 1.165) is 3.57 Å². The highest BCUT2D eigenvalue weighted by molar-refractivity contribution is 14.1. The van der Waals surface area contributed by atoms with Gasteiger partial charge in [-0.25, -0.2) is 4.39 Å². The Labute approximate surface area is 77.7 Å². The zero-order valence-corrected chi connectivity index (χ0v) is 8.05. The molecule has 2 N–H and O–H groups in total. The van der Waals surface area contributed by atoms with Crippen LogP contribution in [0.25, 0.3) is 0 Å². The van der Waals surface area contributed by atoms with Gasteiger partial charge in [0.05, 0.1) is 16.4 Å². The van der Waals surface area contributed by atoms with Gasteiger partial charge in [0.25, 0.3) is 0 Å². The van der Waals surface area contributed by atoms with Gasteiger partial charge in [-0.15, -0.1) is 0 Å². The lowest BCUT2D eigenvalue weighted by Gasteiger charge is -2.04. The maximum absolute atomic E-state index is 12.7. The summed E-state index contributed by atoms with van der Waals surface area (Å²) in [4.78, 5) is 0. The second-order valence-electron chi connectivity index (χ2n) is 2.01. The Morgan fingerprint density at radius 1 is 1.55 bits per heavy atom. The van der Waals surface area contributed by atoms with Gasteiger partial charge in [0.1, 0.15) is 11.6 Å². The predicted molar refractivity (Wildman–Crippen MR) is 50.1 cm³/mol. The third kappa shape index (κ3) is 1.74. The molecule has 60 valence electrons. The topological polar surface area (TPSA) is 35.2 Å². The summed E-state index contributed by atoms with van der Waals surface area (Å²) >= 11 is 1.98. The summed E-state index contributed by atoms with van der Waals surface area (Å²) < 4.78 is 18.4. The Kier molecular flexibility index (Phi) is 2.53. The lowest BCUT2D eigenvalue weighted by molar-refractivity contribution is 0.411. The average Bonchev–Trinajstić information content (AvgIpc) is 1.97. The standard InChI is InChI=1S/C7H7FINO/c1-11-7-3-6(10)4(8)2-5(7)9/h2-3H,10H2,1H3. The minimum Gasteiger partial charge on any atom is -0.496 e. The lowest BCUT2D eigenvalue weighted by Crippen LogP contribution is -1.94. The van der Waals surface area contributed by atoms with Crippen molar-refractivity contribution in [3.8, 4) is 5.75 Å². The van der Waals surface area contributed by atoms with Crippen molar-refractivity contribution in [2.45, 2.75) is 0 Å². The number of nitrogens with two attached hydrogens (primary N) is 1. The highest BCUT2D eigenvalue weighted by atomic mass is 127. The van der Waals surface area contributed by atoms with Crippen LogP contribution in [0.2, 0.25) is 0 Å². The predicted octanol–water partition coefficient (Wildman–Crippen LogP) is 2.02. The molecule has 1 aromatic carbocycles. The molecule has 0 aromatic heterocycles.